The van der Waals surface area contributed by atoms with Gasteiger partial charge in [0.1, 0.15) is 11.6 Å². The summed E-state index contributed by atoms with van der Waals surface area (Å²) in [5.74, 6) is -1.80. The van der Waals surface area contributed by atoms with E-state index >= 15 is 0 Å². The van der Waals surface area contributed by atoms with Gasteiger partial charge in [0.2, 0.25) is 0 Å². The quantitative estimate of drug-likeness (QED) is 0.465. The number of hydrogen-bond donors (Lipinski definition) is 2. The van der Waals surface area contributed by atoms with Gasteiger partial charge >= 0.3 is 5.97 Å². The molecular weight excluding hydrogens is 482 g/mol. The highest BCUT2D eigenvalue weighted by Crippen LogP contribution is 2.29. The summed E-state index contributed by atoms with van der Waals surface area (Å²) in [5, 5.41) is 12.3. The molecule has 5 nitrogen and oxygen atoms in total. The van der Waals surface area contributed by atoms with E-state index in [1.807, 2.05) is 0 Å². The number of benzene rings is 2. The van der Waals surface area contributed by atoms with Crippen molar-refractivity contribution < 1.29 is 23.5 Å². The molecule has 0 atom stereocenters. The van der Waals surface area contributed by atoms with Crippen LogP contribution in [0.1, 0.15) is 48.0 Å². The first-order valence-electron chi connectivity index (χ1n) is 10.6. The molecule has 1 aliphatic carbocycles. The number of carbonyl (C=O) groups is 2. The molecule has 1 aromatic heterocycles. The van der Waals surface area contributed by atoms with Crippen LogP contribution in [0.2, 0.25) is 0 Å². The van der Waals surface area contributed by atoms with E-state index in [1.165, 1.54) is 18.2 Å². The molecule has 1 amide bonds. The van der Waals surface area contributed by atoms with Crippen molar-refractivity contribution in [3.05, 3.63) is 69.8 Å². The molecule has 32 heavy (non-hydrogen) atoms. The minimum atomic E-state index is -0.797. The van der Waals surface area contributed by atoms with E-state index in [0.717, 1.165) is 12.8 Å². The largest absolute Gasteiger partial charge is 0.481 e. The Balaban J connectivity index is 1.56. The first kappa shape index (κ1) is 22.5. The predicted octanol–water partition coefficient (Wildman–Crippen LogP) is 5.49. The fraction of sp³-hybridized carbons (Fsp3) is 0.333. The number of nitrogens with one attached hydrogen (secondary N) is 1. The lowest BCUT2D eigenvalue weighted by atomic mass is 9.84. The lowest BCUT2D eigenvalue weighted by Gasteiger charge is -2.28. The molecule has 4 rings (SSSR count). The average Bonchev–Trinajstić information content (AvgIpc) is 3.16. The number of nitrogens with zero attached hydrogens (tertiary/aromatic N) is 1. The first-order chi connectivity index (χ1) is 15.3. The number of fused-ring (bicyclic) bond motifs is 1. The van der Waals surface area contributed by atoms with Crippen molar-refractivity contribution in [3.63, 3.8) is 0 Å². The van der Waals surface area contributed by atoms with Crippen LogP contribution in [0.25, 0.3) is 10.9 Å². The minimum absolute atomic E-state index is 0.0556. The molecule has 0 aliphatic heterocycles. The van der Waals surface area contributed by atoms with Crippen molar-refractivity contribution in [3.8, 4) is 0 Å². The van der Waals surface area contributed by atoms with E-state index in [4.69, 9.17) is 5.11 Å². The van der Waals surface area contributed by atoms with Crippen molar-refractivity contribution >= 4 is 38.7 Å². The van der Waals surface area contributed by atoms with E-state index in [9.17, 15) is 18.4 Å². The van der Waals surface area contributed by atoms with Gasteiger partial charge in [-0.1, -0.05) is 22.0 Å². The van der Waals surface area contributed by atoms with Crippen molar-refractivity contribution in [1.29, 1.82) is 0 Å². The second-order valence-corrected chi connectivity index (χ2v) is 9.24. The third-order valence-electron chi connectivity index (χ3n) is 6.12. The Morgan fingerprint density at radius 2 is 1.81 bits per heavy atom. The Hall–Kier alpha value is -2.74. The summed E-state index contributed by atoms with van der Waals surface area (Å²) >= 11 is 3.24. The van der Waals surface area contributed by atoms with Gasteiger partial charge in [-0.3, -0.25) is 9.59 Å². The van der Waals surface area contributed by atoms with Crippen LogP contribution in [-0.2, 0) is 11.3 Å². The van der Waals surface area contributed by atoms with Crippen molar-refractivity contribution in [2.24, 2.45) is 5.92 Å². The van der Waals surface area contributed by atoms with Crippen LogP contribution >= 0.6 is 15.9 Å². The van der Waals surface area contributed by atoms with E-state index in [2.05, 4.69) is 21.2 Å². The van der Waals surface area contributed by atoms with Crippen LogP contribution in [0.5, 0.6) is 0 Å². The average molecular weight is 505 g/mol. The maximum atomic E-state index is 14.4. The number of aliphatic carboxylic acids is 1. The molecule has 1 aliphatic rings. The third kappa shape index (κ3) is 4.85. The fourth-order valence-electron chi connectivity index (χ4n) is 4.46. The zero-order chi connectivity index (χ0) is 22.8. The molecule has 2 N–H and O–H groups in total. The Morgan fingerprint density at radius 3 is 2.50 bits per heavy atom. The first-order valence-corrected chi connectivity index (χ1v) is 11.3. The molecule has 1 fully saturated rings. The summed E-state index contributed by atoms with van der Waals surface area (Å²) in [5.41, 5.74) is 1.18. The van der Waals surface area contributed by atoms with Gasteiger partial charge in [0.25, 0.3) is 5.91 Å². The highest BCUT2D eigenvalue weighted by atomic mass is 79.9. The van der Waals surface area contributed by atoms with Crippen LogP contribution in [0.4, 0.5) is 8.78 Å². The van der Waals surface area contributed by atoms with Gasteiger partial charge in [0, 0.05) is 34.1 Å². The molecule has 8 heteroatoms. The number of hydrogen-bond acceptors (Lipinski definition) is 2. The molecule has 0 spiro atoms. The summed E-state index contributed by atoms with van der Waals surface area (Å²) in [7, 11) is 0. The summed E-state index contributed by atoms with van der Waals surface area (Å²) in [6.07, 6.45) is 4.71. The van der Waals surface area contributed by atoms with E-state index in [0.29, 0.717) is 39.3 Å². The number of halogens is 3. The maximum absolute atomic E-state index is 14.4. The summed E-state index contributed by atoms with van der Waals surface area (Å²) in [6.45, 7) is 0.159. The van der Waals surface area contributed by atoms with Crippen LogP contribution < -0.4 is 5.32 Å². The van der Waals surface area contributed by atoms with Gasteiger partial charge in [0.05, 0.1) is 17.6 Å². The Labute approximate surface area is 192 Å². The Bertz CT molecular complexity index is 1170. The SMILES string of the molecule is O=C(O)CC1CCC(NC(=O)c2ccc(F)c3ccn(Cc4ccc(Br)cc4F)c23)CC1. The molecule has 0 bridgehead atoms. The summed E-state index contributed by atoms with van der Waals surface area (Å²) in [6, 6.07) is 9.02. The highest BCUT2D eigenvalue weighted by Gasteiger charge is 2.25. The number of carboxylic acids is 1. The third-order valence-corrected chi connectivity index (χ3v) is 6.61. The predicted molar refractivity (Wildman–Crippen MR) is 121 cm³/mol. The molecular formula is C24H23BrF2N2O3. The molecule has 1 heterocycles. The van der Waals surface area contributed by atoms with Crippen LogP contribution in [0, 0.1) is 17.6 Å². The topological polar surface area (TPSA) is 71.3 Å². The van der Waals surface area contributed by atoms with Crippen molar-refractivity contribution in [2.75, 3.05) is 0 Å². The molecule has 0 unspecified atom stereocenters. The van der Waals surface area contributed by atoms with E-state index < -0.39 is 11.8 Å². The van der Waals surface area contributed by atoms with E-state index in [1.54, 1.807) is 29.0 Å². The zero-order valence-electron chi connectivity index (χ0n) is 17.3. The van der Waals surface area contributed by atoms with Gasteiger partial charge in [-0.05, 0) is 61.9 Å². The molecule has 3 aromatic rings. The highest BCUT2D eigenvalue weighted by molar-refractivity contribution is 9.10. The lowest BCUT2D eigenvalue weighted by molar-refractivity contribution is -0.138. The standard InChI is InChI=1S/C24H23BrF2N2O3/c25-16-4-3-15(21(27)12-16)13-29-10-9-18-20(26)8-7-19(23(18)29)24(32)28-17-5-1-14(2-6-17)11-22(30)31/h3-4,7-10,12,14,17H,1-2,5-6,11,13H2,(H,28,32)(H,30,31). The Morgan fingerprint density at radius 1 is 1.06 bits per heavy atom. The number of carbonyl (C=O) groups excluding carboxylic acids is 1. The number of carboxylic acid groups (broad SMARTS) is 1. The number of amides is 1. The molecule has 0 radical (unpaired) electrons. The molecule has 1 saturated carbocycles. The maximum Gasteiger partial charge on any atom is 0.303 e. The summed E-state index contributed by atoms with van der Waals surface area (Å²) < 4.78 is 31.1. The van der Waals surface area contributed by atoms with Crippen LogP contribution in [0.15, 0.2) is 47.1 Å². The molecule has 0 saturated heterocycles. The fourth-order valence-corrected chi connectivity index (χ4v) is 4.79. The molecule has 2 aromatic carbocycles. The zero-order valence-corrected chi connectivity index (χ0v) is 18.9. The Kier molecular flexibility index (Phi) is 6.60. The van der Waals surface area contributed by atoms with Gasteiger partial charge < -0.3 is 15.0 Å². The smallest absolute Gasteiger partial charge is 0.303 e. The lowest BCUT2D eigenvalue weighted by Crippen LogP contribution is -2.38. The monoisotopic (exact) mass is 504 g/mol. The number of aromatic nitrogens is 1. The van der Waals surface area contributed by atoms with Crippen LogP contribution in [-0.4, -0.2) is 27.6 Å². The second kappa shape index (κ2) is 9.40. The second-order valence-electron chi connectivity index (χ2n) is 8.33. The number of rotatable bonds is 6. The van der Waals surface area contributed by atoms with Crippen molar-refractivity contribution in [2.45, 2.75) is 44.7 Å². The van der Waals surface area contributed by atoms with E-state index in [-0.39, 0.29) is 36.6 Å². The normalized spacial score (nSPS) is 18.6. The van der Waals surface area contributed by atoms with Gasteiger partial charge in [0.15, 0.2) is 0 Å². The molecule has 168 valence electrons. The van der Waals surface area contributed by atoms with Gasteiger partial charge in [-0.25, -0.2) is 8.78 Å². The van der Waals surface area contributed by atoms with Crippen molar-refractivity contribution in [1.82, 2.24) is 9.88 Å². The van der Waals surface area contributed by atoms with Gasteiger partial charge in [-0.2, -0.15) is 0 Å². The minimum Gasteiger partial charge on any atom is -0.481 e. The van der Waals surface area contributed by atoms with Gasteiger partial charge in [-0.15, -0.1) is 0 Å². The summed E-state index contributed by atoms with van der Waals surface area (Å²) in [4.78, 5) is 24.0. The van der Waals surface area contributed by atoms with Crippen LogP contribution in [0.3, 0.4) is 0 Å².